The monoisotopic (exact) mass is 421 g/mol. The van der Waals surface area contributed by atoms with Gasteiger partial charge in [0.1, 0.15) is 0 Å². The van der Waals surface area contributed by atoms with Crippen molar-refractivity contribution >= 4 is 15.7 Å². The Morgan fingerprint density at radius 2 is 1.90 bits per heavy atom. The minimum Gasteiger partial charge on any atom is -0.390 e. The third kappa shape index (κ3) is 4.50. The first kappa shape index (κ1) is 20.8. The van der Waals surface area contributed by atoms with Crippen molar-refractivity contribution in [2.45, 2.75) is 37.5 Å². The quantitative estimate of drug-likeness (QED) is 0.753. The van der Waals surface area contributed by atoms with Crippen molar-refractivity contribution in [3.05, 3.63) is 35.4 Å². The summed E-state index contributed by atoms with van der Waals surface area (Å²) < 4.78 is 23.5. The number of hydrogen-bond acceptors (Lipinski definition) is 6. The van der Waals surface area contributed by atoms with Crippen LogP contribution in [0.3, 0.4) is 0 Å². The number of piperazine rings is 1. The van der Waals surface area contributed by atoms with Gasteiger partial charge in [-0.25, -0.2) is 8.42 Å². The van der Waals surface area contributed by atoms with Crippen molar-refractivity contribution in [1.82, 2.24) is 14.7 Å². The van der Waals surface area contributed by atoms with Gasteiger partial charge in [-0.3, -0.25) is 14.6 Å². The highest BCUT2D eigenvalue weighted by atomic mass is 32.2. The van der Waals surface area contributed by atoms with Crippen LogP contribution < -0.4 is 0 Å². The van der Waals surface area contributed by atoms with E-state index in [9.17, 15) is 18.3 Å². The molecule has 0 radical (unpaired) electrons. The number of aliphatic hydroxyl groups excluding tert-OH is 1. The molecule has 29 heavy (non-hydrogen) atoms. The predicted octanol–water partition coefficient (Wildman–Crippen LogP) is 0.298. The summed E-state index contributed by atoms with van der Waals surface area (Å²) in [6.07, 6.45) is 2.39. The van der Waals surface area contributed by atoms with E-state index >= 15 is 0 Å². The molecule has 3 atom stereocenters. The molecule has 160 valence electrons. The van der Waals surface area contributed by atoms with Gasteiger partial charge in [-0.1, -0.05) is 24.3 Å². The van der Waals surface area contributed by atoms with E-state index in [1.54, 1.807) is 0 Å². The SMILES string of the molecule is CN(C(=O)CN1CCN([C@@H]2CS(=O)(=O)C[C@H]2O)CC1)[C@@H]1CCCc2ccccc21. The molecule has 2 aliphatic heterocycles. The number of carbonyl (C=O) groups is 1. The summed E-state index contributed by atoms with van der Waals surface area (Å²) in [5, 5.41) is 10.1. The zero-order valence-electron chi connectivity index (χ0n) is 17.0. The van der Waals surface area contributed by atoms with Crippen molar-refractivity contribution in [1.29, 1.82) is 0 Å². The Balaban J connectivity index is 1.31. The molecule has 0 aromatic heterocycles. The molecular formula is C21H31N3O4S. The Morgan fingerprint density at radius 1 is 1.17 bits per heavy atom. The van der Waals surface area contributed by atoms with Gasteiger partial charge in [-0.15, -0.1) is 0 Å². The van der Waals surface area contributed by atoms with Gasteiger partial charge in [0.2, 0.25) is 5.91 Å². The van der Waals surface area contributed by atoms with Gasteiger partial charge in [0.25, 0.3) is 0 Å². The Kier molecular flexibility index (Phi) is 5.97. The third-order valence-corrected chi connectivity index (χ3v) is 8.43. The molecule has 0 spiro atoms. The number of sulfone groups is 1. The van der Waals surface area contributed by atoms with E-state index in [1.165, 1.54) is 11.1 Å². The normalized spacial score (nSPS) is 30.1. The molecule has 1 N–H and O–H groups in total. The third-order valence-electron chi connectivity index (χ3n) is 6.73. The molecular weight excluding hydrogens is 390 g/mol. The fourth-order valence-corrected chi connectivity index (χ4v) is 6.85. The molecule has 0 bridgehead atoms. The van der Waals surface area contributed by atoms with Gasteiger partial charge in [0.15, 0.2) is 9.84 Å². The Bertz CT molecular complexity index is 851. The lowest BCUT2D eigenvalue weighted by Crippen LogP contribution is -2.55. The van der Waals surface area contributed by atoms with Crippen molar-refractivity contribution in [2.24, 2.45) is 0 Å². The summed E-state index contributed by atoms with van der Waals surface area (Å²) >= 11 is 0. The highest BCUT2D eigenvalue weighted by molar-refractivity contribution is 7.91. The van der Waals surface area contributed by atoms with E-state index in [2.05, 4.69) is 28.0 Å². The highest BCUT2D eigenvalue weighted by Crippen LogP contribution is 2.33. The van der Waals surface area contributed by atoms with Gasteiger partial charge < -0.3 is 10.0 Å². The Morgan fingerprint density at radius 3 is 2.59 bits per heavy atom. The Labute approximate surface area is 173 Å². The van der Waals surface area contributed by atoms with Gasteiger partial charge in [-0.2, -0.15) is 0 Å². The lowest BCUT2D eigenvalue weighted by atomic mass is 9.87. The second-order valence-electron chi connectivity index (χ2n) is 8.64. The lowest BCUT2D eigenvalue weighted by Gasteiger charge is -2.39. The van der Waals surface area contributed by atoms with E-state index in [0.717, 1.165) is 19.3 Å². The maximum Gasteiger partial charge on any atom is 0.237 e. The first-order chi connectivity index (χ1) is 13.8. The summed E-state index contributed by atoms with van der Waals surface area (Å²) in [5.41, 5.74) is 2.62. The molecule has 3 aliphatic rings. The van der Waals surface area contributed by atoms with Crippen molar-refractivity contribution < 1.29 is 18.3 Å². The summed E-state index contributed by atoms with van der Waals surface area (Å²) in [5.74, 6) is 0.0321. The second kappa shape index (κ2) is 8.34. The van der Waals surface area contributed by atoms with Crippen LogP contribution in [0, 0.1) is 0 Å². The van der Waals surface area contributed by atoms with Crippen molar-refractivity contribution in [2.75, 3.05) is 51.3 Å². The smallest absolute Gasteiger partial charge is 0.237 e. The number of rotatable bonds is 4. The maximum atomic E-state index is 12.9. The van der Waals surface area contributed by atoms with E-state index < -0.39 is 15.9 Å². The first-order valence-corrected chi connectivity index (χ1v) is 12.3. The van der Waals surface area contributed by atoms with Crippen LogP contribution >= 0.6 is 0 Å². The molecule has 1 aromatic rings. The van der Waals surface area contributed by atoms with Gasteiger partial charge in [0.05, 0.1) is 36.2 Å². The van der Waals surface area contributed by atoms with Crippen LogP contribution in [0.4, 0.5) is 0 Å². The molecule has 4 rings (SSSR count). The van der Waals surface area contributed by atoms with E-state index in [-0.39, 0.29) is 29.5 Å². The standard InChI is InChI=1S/C21H31N3O4S/c1-22(18-8-4-6-16-5-2-3-7-17(16)18)21(26)13-23-9-11-24(12-10-23)19-14-29(27,28)15-20(19)25/h2-3,5,7,18-20,25H,4,6,8-15H2,1H3/t18-,19-,20-/m1/s1. The van der Waals surface area contributed by atoms with E-state index in [4.69, 9.17) is 0 Å². The topological polar surface area (TPSA) is 81.2 Å². The van der Waals surface area contributed by atoms with Crippen LogP contribution in [-0.4, -0.2) is 97.6 Å². The molecule has 1 amide bonds. The van der Waals surface area contributed by atoms with E-state index in [0.29, 0.717) is 32.7 Å². The number of carbonyl (C=O) groups excluding carboxylic acids is 1. The lowest BCUT2D eigenvalue weighted by molar-refractivity contribution is -0.134. The van der Waals surface area contributed by atoms with Gasteiger partial charge in [0, 0.05) is 33.2 Å². The first-order valence-electron chi connectivity index (χ1n) is 10.5. The number of benzene rings is 1. The highest BCUT2D eigenvalue weighted by Gasteiger charge is 2.41. The van der Waals surface area contributed by atoms with Crippen LogP contribution in [0.25, 0.3) is 0 Å². The largest absolute Gasteiger partial charge is 0.390 e. The van der Waals surface area contributed by atoms with Crippen LogP contribution in [0.15, 0.2) is 24.3 Å². The second-order valence-corrected chi connectivity index (χ2v) is 10.8. The molecule has 7 nitrogen and oxygen atoms in total. The zero-order valence-corrected chi connectivity index (χ0v) is 17.9. The molecule has 1 aliphatic carbocycles. The van der Waals surface area contributed by atoms with Crippen LogP contribution in [0.1, 0.15) is 30.0 Å². The number of nitrogens with zero attached hydrogens (tertiary/aromatic N) is 3. The average molecular weight is 422 g/mol. The molecule has 2 heterocycles. The van der Waals surface area contributed by atoms with Crippen molar-refractivity contribution in [3.8, 4) is 0 Å². The molecule has 2 saturated heterocycles. The number of fused-ring (bicyclic) bond motifs is 1. The zero-order chi connectivity index (χ0) is 20.6. The Hall–Kier alpha value is -1.48. The molecule has 0 saturated carbocycles. The summed E-state index contributed by atoms with van der Waals surface area (Å²) in [6, 6.07) is 8.26. The number of likely N-dealkylation sites (N-methyl/N-ethyl adjacent to an activating group) is 1. The number of amides is 1. The van der Waals surface area contributed by atoms with Crippen LogP contribution in [0.5, 0.6) is 0 Å². The minimum absolute atomic E-state index is 0.0386. The summed E-state index contributed by atoms with van der Waals surface area (Å²) in [4.78, 5) is 19.1. The van der Waals surface area contributed by atoms with E-state index in [1.807, 2.05) is 18.0 Å². The predicted molar refractivity (Wildman–Crippen MR) is 111 cm³/mol. The number of aliphatic hydroxyl groups is 1. The van der Waals surface area contributed by atoms with Gasteiger partial charge in [-0.05, 0) is 30.4 Å². The molecule has 8 heteroatoms. The van der Waals surface area contributed by atoms with Gasteiger partial charge >= 0.3 is 0 Å². The maximum absolute atomic E-state index is 12.9. The minimum atomic E-state index is -3.14. The fourth-order valence-electron chi connectivity index (χ4n) is 5.02. The van der Waals surface area contributed by atoms with Crippen molar-refractivity contribution in [3.63, 3.8) is 0 Å². The average Bonchev–Trinajstić information content (AvgIpc) is 2.99. The molecule has 0 unspecified atom stereocenters. The summed E-state index contributed by atoms with van der Waals surface area (Å²) in [6.45, 7) is 3.17. The van der Waals surface area contributed by atoms with Crippen LogP contribution in [0.2, 0.25) is 0 Å². The van der Waals surface area contributed by atoms with Crippen LogP contribution in [-0.2, 0) is 21.1 Å². The summed E-state index contributed by atoms with van der Waals surface area (Å²) in [7, 11) is -1.23. The number of hydrogen-bond donors (Lipinski definition) is 1. The molecule has 1 aromatic carbocycles. The molecule has 2 fully saturated rings. The number of aryl methyl sites for hydroxylation is 1. The fraction of sp³-hybridized carbons (Fsp3) is 0.667.